The number of nitrogens with zero attached hydrogens (tertiary/aromatic N) is 2. The van der Waals surface area contributed by atoms with Gasteiger partial charge in [0.2, 0.25) is 5.91 Å². The van der Waals surface area contributed by atoms with E-state index in [0.717, 1.165) is 5.56 Å². The van der Waals surface area contributed by atoms with E-state index in [0.29, 0.717) is 27.8 Å². The van der Waals surface area contributed by atoms with Gasteiger partial charge in [0, 0.05) is 21.4 Å². The van der Waals surface area contributed by atoms with Crippen LogP contribution < -0.4 is 10.2 Å². The number of hydrogen-bond acceptors (Lipinski definition) is 4. The Morgan fingerprint density at radius 3 is 2.18 bits per heavy atom. The van der Waals surface area contributed by atoms with Crippen molar-refractivity contribution in [2.75, 3.05) is 10.2 Å². The smallest absolute Gasteiger partial charge is 0.269 e. The molecule has 0 bridgehead atoms. The van der Waals surface area contributed by atoms with Crippen LogP contribution in [0.3, 0.4) is 0 Å². The number of nitrogens with one attached hydrogen (secondary N) is 1. The lowest BCUT2D eigenvalue weighted by atomic mass is 10.1. The van der Waals surface area contributed by atoms with Crippen molar-refractivity contribution in [2.24, 2.45) is 0 Å². The van der Waals surface area contributed by atoms with Crippen molar-refractivity contribution >= 4 is 58.2 Å². The fourth-order valence-corrected chi connectivity index (χ4v) is 4.92. The first-order valence-corrected chi connectivity index (χ1v) is 11.6. The van der Waals surface area contributed by atoms with Gasteiger partial charge in [-0.25, -0.2) is 0 Å². The molecule has 0 radical (unpaired) electrons. The van der Waals surface area contributed by atoms with Crippen LogP contribution >= 0.6 is 35.0 Å². The Labute approximate surface area is 205 Å². The maximum atomic E-state index is 13.4. The zero-order valence-electron chi connectivity index (χ0n) is 17.2. The van der Waals surface area contributed by atoms with Crippen LogP contribution in [0.1, 0.15) is 5.56 Å². The summed E-state index contributed by atoms with van der Waals surface area (Å²) in [7, 11) is 0. The number of thioether (sulfide) groups is 1. The number of hydrogen-bond donors (Lipinski definition) is 1. The number of nitriles is 1. The van der Waals surface area contributed by atoms with Gasteiger partial charge in [0.25, 0.3) is 5.91 Å². The van der Waals surface area contributed by atoms with E-state index in [1.165, 1.54) is 16.7 Å². The fraction of sp³-hybridized carbons (Fsp3) is 0.0800. The van der Waals surface area contributed by atoms with E-state index in [1.807, 2.05) is 24.3 Å². The van der Waals surface area contributed by atoms with Gasteiger partial charge in [-0.2, -0.15) is 5.26 Å². The molecule has 4 rings (SSSR count). The van der Waals surface area contributed by atoms with Crippen molar-refractivity contribution in [3.05, 3.63) is 105 Å². The highest BCUT2D eigenvalue weighted by Gasteiger charge is 2.40. The van der Waals surface area contributed by atoms with Crippen LogP contribution in [0.15, 0.2) is 89.5 Å². The van der Waals surface area contributed by atoms with Crippen molar-refractivity contribution in [2.45, 2.75) is 11.7 Å². The molecule has 33 heavy (non-hydrogen) atoms. The highest BCUT2D eigenvalue weighted by atomic mass is 35.5. The molecule has 5 nitrogen and oxygen atoms in total. The quantitative estimate of drug-likeness (QED) is 0.346. The molecule has 8 heteroatoms. The predicted octanol–water partition coefficient (Wildman–Crippen LogP) is 6.06. The number of halogens is 2. The summed E-state index contributed by atoms with van der Waals surface area (Å²) in [5.41, 5.74) is 1.88. The monoisotopic (exact) mass is 493 g/mol. The normalized spacial score (nSPS) is 16.9. The minimum atomic E-state index is -0.579. The molecule has 1 fully saturated rings. The molecule has 3 aromatic rings. The van der Waals surface area contributed by atoms with Gasteiger partial charge in [0.15, 0.2) is 0 Å². The lowest BCUT2D eigenvalue weighted by Gasteiger charge is -2.19. The van der Waals surface area contributed by atoms with Crippen LogP contribution in [0, 0.1) is 11.3 Å². The Balaban J connectivity index is 1.72. The molecular weight excluding hydrogens is 477 g/mol. The molecule has 2 amide bonds. The highest BCUT2D eigenvalue weighted by molar-refractivity contribution is 8.05. The molecule has 1 aliphatic rings. The van der Waals surface area contributed by atoms with Crippen LogP contribution in [0.5, 0.6) is 0 Å². The van der Waals surface area contributed by atoms with E-state index < -0.39 is 11.2 Å². The number of carbonyl (C=O) groups is 2. The Bertz CT molecular complexity index is 1250. The maximum Gasteiger partial charge on any atom is 0.269 e. The van der Waals surface area contributed by atoms with Gasteiger partial charge in [-0.05, 0) is 60.5 Å². The van der Waals surface area contributed by atoms with Gasteiger partial charge in [-0.3, -0.25) is 14.5 Å². The minimum absolute atomic E-state index is 0.134. The van der Waals surface area contributed by atoms with Gasteiger partial charge in [0.05, 0.1) is 5.25 Å². The topological polar surface area (TPSA) is 73.2 Å². The van der Waals surface area contributed by atoms with Gasteiger partial charge < -0.3 is 5.32 Å². The van der Waals surface area contributed by atoms with E-state index in [9.17, 15) is 14.9 Å². The summed E-state index contributed by atoms with van der Waals surface area (Å²) in [6, 6.07) is 24.8. The van der Waals surface area contributed by atoms with Crippen molar-refractivity contribution in [1.82, 2.24) is 0 Å². The number of para-hydroxylation sites is 1. The lowest BCUT2D eigenvalue weighted by molar-refractivity contribution is -0.117. The third-order valence-corrected chi connectivity index (χ3v) is 6.72. The molecule has 1 N–H and O–H groups in total. The molecular formula is C25H17Cl2N3O2S. The summed E-state index contributed by atoms with van der Waals surface area (Å²) in [5, 5.41) is 13.5. The SMILES string of the molecule is N#CC(C(=O)Nc1ccccc1)=C1SC(Cc2ccc(Cl)cc2)C(=O)N1c1ccc(Cl)cc1. The molecule has 0 aromatic heterocycles. The van der Waals surface area contributed by atoms with Gasteiger partial charge >= 0.3 is 0 Å². The molecule has 1 heterocycles. The number of benzene rings is 3. The molecule has 1 aliphatic heterocycles. The first-order valence-electron chi connectivity index (χ1n) is 9.97. The van der Waals surface area contributed by atoms with Crippen molar-refractivity contribution in [3.63, 3.8) is 0 Å². The second-order valence-corrected chi connectivity index (χ2v) is 9.26. The average Bonchev–Trinajstić information content (AvgIpc) is 3.12. The Morgan fingerprint density at radius 2 is 1.58 bits per heavy atom. The third kappa shape index (κ3) is 5.23. The van der Waals surface area contributed by atoms with Crippen LogP contribution in [0.4, 0.5) is 11.4 Å². The highest BCUT2D eigenvalue weighted by Crippen LogP contribution is 2.42. The molecule has 3 aromatic carbocycles. The van der Waals surface area contributed by atoms with Crippen molar-refractivity contribution < 1.29 is 9.59 Å². The zero-order valence-corrected chi connectivity index (χ0v) is 19.5. The summed E-state index contributed by atoms with van der Waals surface area (Å²) < 4.78 is 0. The van der Waals surface area contributed by atoms with E-state index in [-0.39, 0.29) is 16.5 Å². The molecule has 0 spiro atoms. The molecule has 1 unspecified atom stereocenters. The standard InChI is InChI=1S/C25H17Cl2N3O2S/c26-17-8-6-16(7-9-17)14-22-24(32)30(20-12-10-18(27)11-13-20)25(33-22)21(15-28)23(31)29-19-4-2-1-3-5-19/h1-13,22H,14H2,(H,29,31). The molecule has 0 aliphatic carbocycles. The van der Waals surface area contributed by atoms with E-state index >= 15 is 0 Å². The Kier molecular flexibility index (Phi) is 7.05. The summed E-state index contributed by atoms with van der Waals surface area (Å²) in [6.07, 6.45) is 0.424. The van der Waals surface area contributed by atoms with Crippen LogP contribution in [-0.2, 0) is 16.0 Å². The molecule has 164 valence electrons. The van der Waals surface area contributed by atoms with E-state index in [1.54, 1.807) is 60.7 Å². The lowest BCUT2D eigenvalue weighted by Crippen LogP contribution is -2.30. The first-order chi connectivity index (χ1) is 16.0. The largest absolute Gasteiger partial charge is 0.321 e. The average molecular weight is 494 g/mol. The van der Waals surface area contributed by atoms with Crippen molar-refractivity contribution in [3.8, 4) is 6.07 Å². The van der Waals surface area contributed by atoms with Gasteiger partial charge in [-0.15, -0.1) is 0 Å². The predicted molar refractivity (Wildman–Crippen MR) is 133 cm³/mol. The fourth-order valence-electron chi connectivity index (χ4n) is 3.36. The maximum absolute atomic E-state index is 13.4. The molecule has 1 atom stereocenters. The first kappa shape index (κ1) is 22.9. The van der Waals surface area contributed by atoms with Gasteiger partial charge in [0.1, 0.15) is 16.7 Å². The summed E-state index contributed by atoms with van der Waals surface area (Å²) in [5.74, 6) is -0.794. The van der Waals surface area contributed by atoms with E-state index in [2.05, 4.69) is 5.32 Å². The second-order valence-electron chi connectivity index (χ2n) is 7.20. The Hall–Kier alpha value is -3.24. The zero-order chi connectivity index (χ0) is 23.4. The summed E-state index contributed by atoms with van der Waals surface area (Å²) in [4.78, 5) is 27.9. The Morgan fingerprint density at radius 1 is 0.970 bits per heavy atom. The van der Waals surface area contributed by atoms with Gasteiger partial charge in [-0.1, -0.05) is 65.3 Å². The number of amides is 2. The van der Waals surface area contributed by atoms with E-state index in [4.69, 9.17) is 23.2 Å². The number of anilines is 2. The van der Waals surface area contributed by atoms with Crippen molar-refractivity contribution in [1.29, 1.82) is 5.26 Å². The van der Waals surface area contributed by atoms with Crippen LogP contribution in [-0.4, -0.2) is 17.1 Å². The second kappa shape index (κ2) is 10.1. The summed E-state index contributed by atoms with van der Waals surface area (Å²) in [6.45, 7) is 0. The van der Waals surface area contributed by atoms with Crippen LogP contribution in [0.2, 0.25) is 10.0 Å². The number of rotatable bonds is 5. The molecule has 0 saturated carbocycles. The summed E-state index contributed by atoms with van der Waals surface area (Å²) >= 11 is 13.2. The minimum Gasteiger partial charge on any atom is -0.321 e. The third-order valence-electron chi connectivity index (χ3n) is 4.96. The van der Waals surface area contributed by atoms with Crippen LogP contribution in [0.25, 0.3) is 0 Å². The number of carbonyl (C=O) groups excluding carboxylic acids is 2. The molecule has 1 saturated heterocycles.